The van der Waals surface area contributed by atoms with E-state index >= 15 is 0 Å². The summed E-state index contributed by atoms with van der Waals surface area (Å²) in [6.07, 6.45) is 6.82. The molecular weight excluding hydrogens is 316 g/mol. The summed E-state index contributed by atoms with van der Waals surface area (Å²) in [4.78, 5) is 22.1. The van der Waals surface area contributed by atoms with Crippen LogP contribution in [0, 0.1) is 5.92 Å². The number of piperidine rings is 1. The number of anilines is 1. The van der Waals surface area contributed by atoms with E-state index < -0.39 is 0 Å². The van der Waals surface area contributed by atoms with Crippen LogP contribution in [0.3, 0.4) is 0 Å². The Kier molecular flexibility index (Phi) is 4.81. The number of ether oxygens (including phenoxy) is 1. The molecule has 1 saturated heterocycles. The Morgan fingerprint density at radius 2 is 2.17 bits per heavy atom. The minimum atomic E-state index is -0.0345. The summed E-state index contributed by atoms with van der Waals surface area (Å²) in [5.74, 6) is 1.91. The molecule has 6 nitrogen and oxygen atoms in total. The van der Waals surface area contributed by atoms with E-state index in [4.69, 9.17) is 16.3 Å². The molecule has 0 radical (unpaired) electrons. The van der Waals surface area contributed by atoms with Crippen molar-refractivity contribution in [2.24, 2.45) is 13.0 Å². The maximum atomic E-state index is 11.7. The third-order valence-corrected chi connectivity index (χ3v) is 4.40. The molecule has 0 amide bonds. The van der Waals surface area contributed by atoms with Gasteiger partial charge in [0.15, 0.2) is 0 Å². The maximum Gasteiger partial charge on any atom is 0.255 e. The van der Waals surface area contributed by atoms with E-state index in [1.807, 2.05) is 0 Å². The Balaban J connectivity index is 1.53. The molecule has 0 bridgehead atoms. The predicted octanol–water partition coefficient (Wildman–Crippen LogP) is 2.12. The number of hydrogen-bond donors (Lipinski definition) is 0. The minimum absolute atomic E-state index is 0.0345. The Bertz CT molecular complexity index is 726. The quantitative estimate of drug-likeness (QED) is 0.857. The van der Waals surface area contributed by atoms with E-state index in [1.165, 1.54) is 4.57 Å². The molecular formula is C16H19ClN4O2. The van der Waals surface area contributed by atoms with Crippen LogP contribution in [0.2, 0.25) is 5.02 Å². The summed E-state index contributed by atoms with van der Waals surface area (Å²) >= 11 is 6.04. The molecule has 0 saturated carbocycles. The highest BCUT2D eigenvalue weighted by Gasteiger charge is 2.21. The van der Waals surface area contributed by atoms with E-state index in [1.54, 1.807) is 37.9 Å². The smallest absolute Gasteiger partial charge is 0.255 e. The second kappa shape index (κ2) is 7.00. The van der Waals surface area contributed by atoms with Gasteiger partial charge in [-0.05, 0) is 18.8 Å². The highest BCUT2D eigenvalue weighted by Crippen LogP contribution is 2.25. The maximum absolute atomic E-state index is 11.7. The highest BCUT2D eigenvalue weighted by molar-refractivity contribution is 6.31. The summed E-state index contributed by atoms with van der Waals surface area (Å²) in [5.41, 5.74) is -0.0345. The van der Waals surface area contributed by atoms with Crippen LogP contribution in [-0.2, 0) is 7.05 Å². The van der Waals surface area contributed by atoms with Crippen LogP contribution in [-0.4, -0.2) is 34.2 Å². The fourth-order valence-corrected chi connectivity index (χ4v) is 2.81. The van der Waals surface area contributed by atoms with Gasteiger partial charge in [-0.2, -0.15) is 0 Å². The second-order valence-electron chi connectivity index (χ2n) is 5.74. The van der Waals surface area contributed by atoms with Crippen LogP contribution in [0.15, 0.2) is 35.6 Å². The van der Waals surface area contributed by atoms with Gasteiger partial charge < -0.3 is 14.2 Å². The van der Waals surface area contributed by atoms with Gasteiger partial charge in [-0.3, -0.25) is 9.78 Å². The van der Waals surface area contributed by atoms with Crippen LogP contribution < -0.4 is 15.2 Å². The first-order chi connectivity index (χ1) is 11.1. The Labute approximate surface area is 139 Å². The molecule has 2 aromatic rings. The SMILES string of the molecule is Cn1cnc(N2CCC(COc3ccncc3Cl)CC2)cc1=O. The van der Waals surface area contributed by atoms with Crippen molar-refractivity contribution in [3.8, 4) is 5.75 Å². The van der Waals surface area contributed by atoms with Crippen molar-refractivity contribution in [2.75, 3.05) is 24.6 Å². The average molecular weight is 335 g/mol. The van der Waals surface area contributed by atoms with E-state index in [0.29, 0.717) is 23.3 Å². The molecule has 3 rings (SSSR count). The molecule has 7 heteroatoms. The normalized spacial score (nSPS) is 15.7. The molecule has 1 aliphatic rings. The van der Waals surface area contributed by atoms with Crippen LogP contribution >= 0.6 is 11.6 Å². The molecule has 0 atom stereocenters. The van der Waals surface area contributed by atoms with E-state index in [0.717, 1.165) is 31.7 Å². The third-order valence-electron chi connectivity index (χ3n) is 4.11. The zero-order chi connectivity index (χ0) is 16.2. The molecule has 1 aliphatic heterocycles. The average Bonchev–Trinajstić information content (AvgIpc) is 2.57. The lowest BCUT2D eigenvalue weighted by Crippen LogP contribution is -2.37. The first-order valence-corrected chi connectivity index (χ1v) is 8.01. The molecule has 0 aromatic carbocycles. The summed E-state index contributed by atoms with van der Waals surface area (Å²) < 4.78 is 7.27. The van der Waals surface area contributed by atoms with Crippen molar-refractivity contribution in [2.45, 2.75) is 12.8 Å². The number of halogens is 1. The van der Waals surface area contributed by atoms with Crippen LogP contribution in [0.5, 0.6) is 5.75 Å². The zero-order valence-corrected chi connectivity index (χ0v) is 13.7. The number of rotatable bonds is 4. The minimum Gasteiger partial charge on any atom is -0.492 e. The van der Waals surface area contributed by atoms with Crippen LogP contribution in [0.1, 0.15) is 12.8 Å². The van der Waals surface area contributed by atoms with Gasteiger partial charge in [0, 0.05) is 44.7 Å². The predicted molar refractivity (Wildman–Crippen MR) is 89.2 cm³/mol. The zero-order valence-electron chi connectivity index (χ0n) is 13.0. The number of aryl methyl sites for hydroxylation is 1. The van der Waals surface area contributed by atoms with Crippen molar-refractivity contribution in [3.63, 3.8) is 0 Å². The van der Waals surface area contributed by atoms with Gasteiger partial charge in [0.2, 0.25) is 0 Å². The number of hydrogen-bond acceptors (Lipinski definition) is 5. The lowest BCUT2D eigenvalue weighted by atomic mass is 9.98. The van der Waals surface area contributed by atoms with Crippen molar-refractivity contribution >= 4 is 17.4 Å². The van der Waals surface area contributed by atoms with Gasteiger partial charge in [-0.15, -0.1) is 0 Å². The number of nitrogens with zero attached hydrogens (tertiary/aromatic N) is 4. The van der Waals surface area contributed by atoms with E-state index in [2.05, 4.69) is 14.9 Å². The standard InChI is InChI=1S/C16H19ClN4O2/c1-20-11-19-15(8-16(20)22)21-6-3-12(4-7-21)10-23-14-2-5-18-9-13(14)17/h2,5,8-9,11-12H,3-4,6-7,10H2,1H3. The van der Waals surface area contributed by atoms with Gasteiger partial charge in [0.1, 0.15) is 16.6 Å². The van der Waals surface area contributed by atoms with E-state index in [-0.39, 0.29) is 5.56 Å². The molecule has 1 fully saturated rings. The second-order valence-corrected chi connectivity index (χ2v) is 6.15. The molecule has 3 heterocycles. The van der Waals surface area contributed by atoms with Gasteiger partial charge >= 0.3 is 0 Å². The molecule has 0 aliphatic carbocycles. The van der Waals surface area contributed by atoms with E-state index in [9.17, 15) is 4.79 Å². The monoisotopic (exact) mass is 334 g/mol. The highest BCUT2D eigenvalue weighted by atomic mass is 35.5. The summed E-state index contributed by atoms with van der Waals surface area (Å²) in [6.45, 7) is 2.39. The van der Waals surface area contributed by atoms with Gasteiger partial charge in [0.05, 0.1) is 12.9 Å². The largest absolute Gasteiger partial charge is 0.492 e. The number of pyridine rings is 1. The van der Waals surface area contributed by atoms with Crippen molar-refractivity contribution in [1.82, 2.24) is 14.5 Å². The Morgan fingerprint density at radius 1 is 1.39 bits per heavy atom. The van der Waals surface area contributed by atoms with Crippen molar-refractivity contribution in [1.29, 1.82) is 0 Å². The molecule has 0 unspecified atom stereocenters. The summed E-state index contributed by atoms with van der Waals surface area (Å²) in [5, 5.41) is 0.536. The molecule has 122 valence electrons. The third kappa shape index (κ3) is 3.82. The molecule has 0 spiro atoms. The van der Waals surface area contributed by atoms with Gasteiger partial charge in [0.25, 0.3) is 5.56 Å². The summed E-state index contributed by atoms with van der Waals surface area (Å²) in [6, 6.07) is 3.37. The van der Waals surface area contributed by atoms with Crippen molar-refractivity contribution in [3.05, 3.63) is 46.2 Å². The lowest BCUT2D eigenvalue weighted by Gasteiger charge is -2.32. The van der Waals surface area contributed by atoms with Gasteiger partial charge in [-0.25, -0.2) is 4.98 Å². The summed E-state index contributed by atoms with van der Waals surface area (Å²) in [7, 11) is 1.70. The molecule has 0 N–H and O–H groups in total. The first-order valence-electron chi connectivity index (χ1n) is 7.63. The molecule has 2 aromatic heterocycles. The first kappa shape index (κ1) is 15.8. The molecule has 23 heavy (non-hydrogen) atoms. The fraction of sp³-hybridized carbons (Fsp3) is 0.438. The Morgan fingerprint density at radius 3 is 2.87 bits per heavy atom. The van der Waals surface area contributed by atoms with Crippen LogP contribution in [0.25, 0.3) is 0 Å². The lowest BCUT2D eigenvalue weighted by molar-refractivity contribution is 0.222. The fourth-order valence-electron chi connectivity index (χ4n) is 2.64. The topological polar surface area (TPSA) is 60.3 Å². The van der Waals surface area contributed by atoms with Crippen molar-refractivity contribution < 1.29 is 4.74 Å². The van der Waals surface area contributed by atoms with Gasteiger partial charge in [-0.1, -0.05) is 11.6 Å². The van der Waals surface area contributed by atoms with Crippen LogP contribution in [0.4, 0.5) is 5.82 Å². The number of aromatic nitrogens is 3. The Hall–Kier alpha value is -2.08.